The number of halogens is 2. The van der Waals surface area contributed by atoms with Crippen LogP contribution in [0.4, 0.5) is 0 Å². The van der Waals surface area contributed by atoms with Crippen molar-refractivity contribution in [3.8, 4) is 11.1 Å². The molecule has 0 saturated heterocycles. The van der Waals surface area contributed by atoms with Gasteiger partial charge in [-0.15, -0.1) is 11.3 Å². The van der Waals surface area contributed by atoms with Crippen molar-refractivity contribution >= 4 is 59.0 Å². The van der Waals surface area contributed by atoms with Crippen LogP contribution in [0, 0.1) is 0 Å². The van der Waals surface area contributed by atoms with Crippen molar-refractivity contribution in [2.45, 2.75) is 0 Å². The average molecular weight is 374 g/mol. The Labute approximate surface area is 140 Å². The first-order valence-electron chi connectivity index (χ1n) is 6.60. The van der Waals surface area contributed by atoms with E-state index in [9.17, 15) is 0 Å². The van der Waals surface area contributed by atoms with E-state index in [2.05, 4.69) is 64.5 Å². The fourth-order valence-electron chi connectivity index (χ4n) is 2.67. The molecule has 0 aliphatic rings. The second-order valence-electron chi connectivity index (χ2n) is 4.90. The molecule has 0 atom stereocenters. The number of hydrogen-bond acceptors (Lipinski definition) is 1. The van der Waals surface area contributed by atoms with Gasteiger partial charge in [0.05, 0.1) is 0 Å². The first-order chi connectivity index (χ1) is 10.2. The predicted molar refractivity (Wildman–Crippen MR) is 97.5 cm³/mol. The van der Waals surface area contributed by atoms with Crippen molar-refractivity contribution in [3.63, 3.8) is 0 Å². The van der Waals surface area contributed by atoms with Gasteiger partial charge in [-0.1, -0.05) is 70.0 Å². The average Bonchev–Trinajstić information content (AvgIpc) is 2.86. The maximum absolute atomic E-state index is 6.06. The quantitative estimate of drug-likeness (QED) is 0.332. The lowest BCUT2D eigenvalue weighted by atomic mass is 10.0. The SMILES string of the molecule is Clc1ccc(-c2cccc3c2sc2ccccc23)c(Br)c1. The molecule has 21 heavy (non-hydrogen) atoms. The van der Waals surface area contributed by atoms with E-state index in [4.69, 9.17) is 11.6 Å². The fourth-order valence-corrected chi connectivity index (χ4v) is 4.79. The molecule has 0 N–H and O–H groups in total. The molecular weight excluding hydrogens is 364 g/mol. The standard InChI is InChI=1S/C18H10BrClS/c19-16-10-11(20)8-9-12(16)14-5-3-6-15-13-4-1-2-7-17(13)21-18(14)15/h1-10H. The van der Waals surface area contributed by atoms with E-state index in [1.54, 1.807) is 0 Å². The van der Waals surface area contributed by atoms with E-state index in [-0.39, 0.29) is 0 Å². The third kappa shape index (κ3) is 2.18. The Morgan fingerprint density at radius 1 is 0.810 bits per heavy atom. The topological polar surface area (TPSA) is 0 Å². The molecule has 1 heterocycles. The highest BCUT2D eigenvalue weighted by Crippen LogP contribution is 2.41. The van der Waals surface area contributed by atoms with Crippen LogP contribution in [0.15, 0.2) is 65.1 Å². The smallest absolute Gasteiger partial charge is 0.0434 e. The molecular formula is C18H10BrClS. The molecule has 3 heteroatoms. The van der Waals surface area contributed by atoms with Gasteiger partial charge < -0.3 is 0 Å². The highest BCUT2D eigenvalue weighted by atomic mass is 79.9. The maximum Gasteiger partial charge on any atom is 0.0434 e. The van der Waals surface area contributed by atoms with Gasteiger partial charge in [-0.25, -0.2) is 0 Å². The largest absolute Gasteiger partial charge is 0.135 e. The molecule has 0 bridgehead atoms. The Hall–Kier alpha value is -1.35. The first-order valence-corrected chi connectivity index (χ1v) is 8.58. The van der Waals surface area contributed by atoms with Gasteiger partial charge in [-0.2, -0.15) is 0 Å². The van der Waals surface area contributed by atoms with Gasteiger partial charge in [0.25, 0.3) is 0 Å². The lowest BCUT2D eigenvalue weighted by Crippen LogP contribution is -1.80. The maximum atomic E-state index is 6.06. The van der Waals surface area contributed by atoms with Crippen molar-refractivity contribution < 1.29 is 0 Å². The van der Waals surface area contributed by atoms with Crippen LogP contribution in [0.25, 0.3) is 31.3 Å². The summed E-state index contributed by atoms with van der Waals surface area (Å²) < 4.78 is 3.67. The highest BCUT2D eigenvalue weighted by molar-refractivity contribution is 9.10. The summed E-state index contributed by atoms with van der Waals surface area (Å²) >= 11 is 11.5. The van der Waals surface area contributed by atoms with Gasteiger partial charge in [-0.3, -0.25) is 0 Å². The minimum atomic E-state index is 0.745. The normalized spacial score (nSPS) is 11.3. The molecule has 102 valence electrons. The number of fused-ring (bicyclic) bond motifs is 3. The molecule has 4 rings (SSSR count). The Morgan fingerprint density at radius 3 is 2.48 bits per heavy atom. The Balaban J connectivity index is 2.09. The van der Waals surface area contributed by atoms with Crippen molar-refractivity contribution in [1.82, 2.24) is 0 Å². The van der Waals surface area contributed by atoms with E-state index < -0.39 is 0 Å². The Bertz CT molecular complexity index is 971. The van der Waals surface area contributed by atoms with Crippen LogP contribution in [0.5, 0.6) is 0 Å². The molecule has 0 aliphatic heterocycles. The summed E-state index contributed by atoms with van der Waals surface area (Å²) in [5.41, 5.74) is 2.42. The molecule has 0 radical (unpaired) electrons. The lowest BCUT2D eigenvalue weighted by Gasteiger charge is -2.06. The summed E-state index contributed by atoms with van der Waals surface area (Å²) in [6.07, 6.45) is 0. The molecule has 3 aromatic carbocycles. The van der Waals surface area contributed by atoms with Gasteiger partial charge in [0, 0.05) is 35.2 Å². The summed E-state index contributed by atoms with van der Waals surface area (Å²) in [5.74, 6) is 0. The summed E-state index contributed by atoms with van der Waals surface area (Å²) in [4.78, 5) is 0. The van der Waals surface area contributed by atoms with Crippen molar-refractivity contribution in [3.05, 3.63) is 70.2 Å². The molecule has 4 aromatic rings. The second kappa shape index (κ2) is 5.13. The molecule has 0 spiro atoms. The molecule has 1 aromatic heterocycles. The zero-order chi connectivity index (χ0) is 14.4. The number of rotatable bonds is 1. The molecule has 0 aliphatic carbocycles. The third-order valence-corrected chi connectivity index (χ3v) is 5.74. The highest BCUT2D eigenvalue weighted by Gasteiger charge is 2.11. The van der Waals surface area contributed by atoms with E-state index in [0.29, 0.717) is 0 Å². The Kier molecular flexibility index (Phi) is 3.26. The molecule has 0 fully saturated rings. The minimum absolute atomic E-state index is 0.745. The summed E-state index contributed by atoms with van der Waals surface area (Å²) in [6.45, 7) is 0. The van der Waals surface area contributed by atoms with Crippen LogP contribution in [-0.2, 0) is 0 Å². The van der Waals surface area contributed by atoms with Gasteiger partial charge >= 0.3 is 0 Å². The number of hydrogen-bond donors (Lipinski definition) is 0. The van der Waals surface area contributed by atoms with E-state index in [0.717, 1.165) is 9.50 Å². The second-order valence-corrected chi connectivity index (χ2v) is 7.25. The van der Waals surface area contributed by atoms with Crippen LogP contribution >= 0.6 is 38.9 Å². The van der Waals surface area contributed by atoms with Crippen molar-refractivity contribution in [1.29, 1.82) is 0 Å². The molecule has 0 amide bonds. The fraction of sp³-hybridized carbons (Fsp3) is 0. The monoisotopic (exact) mass is 372 g/mol. The van der Waals surface area contributed by atoms with Crippen molar-refractivity contribution in [2.24, 2.45) is 0 Å². The molecule has 0 saturated carbocycles. The van der Waals surface area contributed by atoms with Crippen LogP contribution in [-0.4, -0.2) is 0 Å². The number of thiophene rings is 1. The Morgan fingerprint density at radius 2 is 1.62 bits per heavy atom. The third-order valence-electron chi connectivity index (χ3n) is 3.63. The van der Waals surface area contributed by atoms with Crippen LogP contribution in [0.3, 0.4) is 0 Å². The van der Waals surface area contributed by atoms with Crippen LogP contribution in [0.2, 0.25) is 5.02 Å². The van der Waals surface area contributed by atoms with Crippen LogP contribution < -0.4 is 0 Å². The van der Waals surface area contributed by atoms with Crippen molar-refractivity contribution in [2.75, 3.05) is 0 Å². The van der Waals surface area contributed by atoms with Crippen LogP contribution in [0.1, 0.15) is 0 Å². The van der Waals surface area contributed by atoms with E-state index in [1.165, 1.54) is 31.3 Å². The number of benzene rings is 3. The van der Waals surface area contributed by atoms with E-state index in [1.807, 2.05) is 23.5 Å². The van der Waals surface area contributed by atoms with Gasteiger partial charge in [0.2, 0.25) is 0 Å². The van der Waals surface area contributed by atoms with Gasteiger partial charge in [0.15, 0.2) is 0 Å². The first kappa shape index (κ1) is 13.3. The molecule has 0 unspecified atom stereocenters. The zero-order valence-electron chi connectivity index (χ0n) is 10.9. The summed E-state index contributed by atoms with van der Waals surface area (Å²) in [7, 11) is 0. The van der Waals surface area contributed by atoms with E-state index >= 15 is 0 Å². The molecule has 0 nitrogen and oxygen atoms in total. The zero-order valence-corrected chi connectivity index (χ0v) is 14.1. The predicted octanol–water partition coefficient (Wildman–Crippen LogP) is 7.14. The van der Waals surface area contributed by atoms with Gasteiger partial charge in [-0.05, 0) is 23.8 Å². The lowest BCUT2D eigenvalue weighted by molar-refractivity contribution is 1.62. The van der Waals surface area contributed by atoms with Gasteiger partial charge in [0.1, 0.15) is 0 Å². The summed E-state index contributed by atoms with van der Waals surface area (Å²) in [6, 6.07) is 21.0. The minimum Gasteiger partial charge on any atom is -0.135 e. The summed E-state index contributed by atoms with van der Waals surface area (Å²) in [5, 5.41) is 3.38.